The molecule has 2 amide bonds. The Hall–Kier alpha value is -5.20. The molecule has 0 bridgehead atoms. The number of carbonyl (C=O) groups excluding carboxylic acids is 2. The first kappa shape index (κ1) is 27.6. The van der Waals surface area contributed by atoms with Gasteiger partial charge in [0.2, 0.25) is 0 Å². The number of amides is 2. The number of para-hydroxylation sites is 1. The zero-order valence-corrected chi connectivity index (χ0v) is 24.9. The van der Waals surface area contributed by atoms with Crippen molar-refractivity contribution in [3.63, 3.8) is 0 Å². The van der Waals surface area contributed by atoms with Gasteiger partial charge in [-0.1, -0.05) is 84.4 Å². The van der Waals surface area contributed by atoms with Crippen LogP contribution in [0.5, 0.6) is 0 Å². The Morgan fingerprint density at radius 2 is 1.68 bits per heavy atom. The molecule has 0 unspecified atom stereocenters. The minimum atomic E-state index is -0.192. The third kappa shape index (κ3) is 5.03. The highest BCUT2D eigenvalue weighted by atomic mass is 35.5. The van der Waals surface area contributed by atoms with E-state index in [1.165, 1.54) is 0 Å². The summed E-state index contributed by atoms with van der Waals surface area (Å²) in [5.41, 5.74) is 6.60. The number of anilines is 1. The van der Waals surface area contributed by atoms with Crippen molar-refractivity contribution in [2.24, 2.45) is 0 Å². The van der Waals surface area contributed by atoms with Crippen molar-refractivity contribution in [2.75, 3.05) is 11.9 Å². The van der Waals surface area contributed by atoms with Crippen LogP contribution in [0.1, 0.15) is 37.7 Å². The Labute approximate surface area is 260 Å². The summed E-state index contributed by atoms with van der Waals surface area (Å²) in [6, 6.07) is 35.5. The minimum absolute atomic E-state index is 0.0931. The van der Waals surface area contributed by atoms with E-state index in [2.05, 4.69) is 29.2 Å². The first-order valence-corrected chi connectivity index (χ1v) is 14.9. The average Bonchev–Trinajstić information content (AvgIpc) is 3.36. The van der Waals surface area contributed by atoms with Crippen molar-refractivity contribution in [1.82, 2.24) is 14.5 Å². The quantitative estimate of drug-likeness (QED) is 0.204. The molecule has 6 nitrogen and oxygen atoms in total. The molecule has 0 saturated carbocycles. The highest BCUT2D eigenvalue weighted by Crippen LogP contribution is 2.35. The molecule has 4 aromatic carbocycles. The van der Waals surface area contributed by atoms with Crippen LogP contribution in [-0.2, 0) is 19.6 Å². The summed E-state index contributed by atoms with van der Waals surface area (Å²) in [6.07, 6.45) is 3.48. The predicted molar refractivity (Wildman–Crippen MR) is 175 cm³/mol. The summed E-state index contributed by atoms with van der Waals surface area (Å²) in [4.78, 5) is 35.4. The van der Waals surface area contributed by atoms with Gasteiger partial charge in [-0.2, -0.15) is 0 Å². The van der Waals surface area contributed by atoms with Crippen molar-refractivity contribution in [3.8, 4) is 11.1 Å². The van der Waals surface area contributed by atoms with Crippen LogP contribution in [-0.4, -0.2) is 33.3 Å². The number of rotatable bonds is 5. The van der Waals surface area contributed by atoms with Crippen molar-refractivity contribution in [3.05, 3.63) is 155 Å². The summed E-state index contributed by atoms with van der Waals surface area (Å²) >= 11 is 6.85. The lowest BCUT2D eigenvalue weighted by molar-refractivity contribution is 0.0774. The van der Waals surface area contributed by atoms with Crippen LogP contribution >= 0.6 is 11.6 Å². The minimum Gasteiger partial charge on any atom is -0.336 e. The lowest BCUT2D eigenvalue weighted by atomic mass is 9.97. The highest BCUT2D eigenvalue weighted by molar-refractivity contribution is 6.35. The second-order valence-electron chi connectivity index (χ2n) is 11.1. The first-order chi connectivity index (χ1) is 21.5. The zero-order chi connectivity index (χ0) is 30.2. The van der Waals surface area contributed by atoms with Crippen molar-refractivity contribution < 1.29 is 9.59 Å². The van der Waals surface area contributed by atoms with Gasteiger partial charge in [0.1, 0.15) is 5.69 Å². The smallest absolute Gasteiger partial charge is 0.270 e. The van der Waals surface area contributed by atoms with E-state index < -0.39 is 0 Å². The summed E-state index contributed by atoms with van der Waals surface area (Å²) in [5, 5.41) is 2.67. The van der Waals surface area contributed by atoms with E-state index >= 15 is 0 Å². The van der Waals surface area contributed by atoms with Gasteiger partial charge in [0.15, 0.2) is 0 Å². The van der Waals surface area contributed by atoms with Gasteiger partial charge in [-0.05, 0) is 69.4 Å². The third-order valence-electron chi connectivity index (χ3n) is 8.26. The van der Waals surface area contributed by atoms with Crippen LogP contribution in [0.4, 0.5) is 5.69 Å². The van der Waals surface area contributed by atoms with E-state index in [9.17, 15) is 9.59 Å². The van der Waals surface area contributed by atoms with E-state index in [0.717, 1.165) is 44.4 Å². The molecule has 0 saturated heterocycles. The van der Waals surface area contributed by atoms with Crippen molar-refractivity contribution in [1.29, 1.82) is 0 Å². The molecular weight excluding hydrogens is 568 g/mol. The normalized spacial score (nSPS) is 12.4. The van der Waals surface area contributed by atoms with Crippen LogP contribution in [0.25, 0.3) is 21.9 Å². The summed E-state index contributed by atoms with van der Waals surface area (Å²) < 4.78 is 2.01. The second kappa shape index (κ2) is 11.5. The summed E-state index contributed by atoms with van der Waals surface area (Å²) in [5.74, 6) is -0.285. The number of hydrogen-bond acceptors (Lipinski definition) is 3. The lowest BCUT2D eigenvalue weighted by Gasteiger charge is -2.23. The number of pyridine rings is 1. The molecule has 0 aliphatic carbocycles. The Bertz CT molecular complexity index is 2030. The topological polar surface area (TPSA) is 58.4 Å². The van der Waals surface area contributed by atoms with E-state index in [1.807, 2.05) is 89.5 Å². The second-order valence-corrected chi connectivity index (χ2v) is 11.5. The molecule has 0 spiro atoms. The van der Waals surface area contributed by atoms with Crippen LogP contribution in [0, 0.1) is 0 Å². The lowest BCUT2D eigenvalue weighted by Crippen LogP contribution is -2.31. The van der Waals surface area contributed by atoms with Gasteiger partial charge >= 0.3 is 0 Å². The Kier molecular flexibility index (Phi) is 7.20. The van der Waals surface area contributed by atoms with Gasteiger partial charge < -0.3 is 14.4 Å². The Morgan fingerprint density at radius 3 is 2.52 bits per heavy atom. The fraction of sp³-hybridized carbons (Fsp3) is 0.108. The molecule has 0 atom stereocenters. The number of fused-ring (bicyclic) bond motifs is 3. The predicted octanol–water partition coefficient (Wildman–Crippen LogP) is 7.84. The van der Waals surface area contributed by atoms with Gasteiger partial charge in [-0.3, -0.25) is 14.6 Å². The number of carbonyl (C=O) groups is 2. The standard InChI is InChI=1S/C37H29ClN4O2/c1-40(22-25-8-7-19-39-21-25)37(44)35-18-16-29-24-42(34-14-5-3-10-28(34)23-41(29)35)36(43)32-17-15-27(20-33(32)38)31-13-6-11-26-9-2-4-12-30(26)31/h2-21H,22-24H2,1H3. The summed E-state index contributed by atoms with van der Waals surface area (Å²) in [6.45, 7) is 1.22. The molecule has 0 N–H and O–H groups in total. The molecule has 1 aliphatic heterocycles. The fourth-order valence-corrected chi connectivity index (χ4v) is 6.30. The van der Waals surface area contributed by atoms with Crippen LogP contribution in [0.15, 0.2) is 122 Å². The molecule has 0 fully saturated rings. The molecule has 7 heteroatoms. The maximum absolute atomic E-state index is 14.2. The average molecular weight is 597 g/mol. The highest BCUT2D eigenvalue weighted by Gasteiger charge is 2.29. The first-order valence-electron chi connectivity index (χ1n) is 14.5. The van der Waals surface area contributed by atoms with E-state index in [-0.39, 0.29) is 11.8 Å². The number of benzene rings is 4. The number of aromatic nitrogens is 2. The molecule has 216 valence electrons. The molecule has 1 aliphatic rings. The van der Waals surface area contributed by atoms with Gasteiger partial charge in [-0.15, -0.1) is 0 Å². The summed E-state index contributed by atoms with van der Waals surface area (Å²) in [7, 11) is 1.79. The fourth-order valence-electron chi connectivity index (χ4n) is 6.04. The van der Waals surface area contributed by atoms with Crippen LogP contribution in [0.2, 0.25) is 5.02 Å². The number of nitrogens with zero attached hydrogens (tertiary/aromatic N) is 4. The number of hydrogen-bond donors (Lipinski definition) is 0. The Balaban J connectivity index is 1.21. The number of halogens is 1. The van der Waals surface area contributed by atoms with Crippen molar-refractivity contribution in [2.45, 2.75) is 19.6 Å². The van der Waals surface area contributed by atoms with E-state index in [4.69, 9.17) is 11.6 Å². The monoisotopic (exact) mass is 596 g/mol. The molecule has 3 heterocycles. The van der Waals surface area contributed by atoms with Gasteiger partial charge in [0.05, 0.1) is 23.7 Å². The van der Waals surface area contributed by atoms with Crippen LogP contribution in [0.3, 0.4) is 0 Å². The molecular formula is C37H29ClN4O2. The van der Waals surface area contributed by atoms with E-state index in [0.29, 0.717) is 35.9 Å². The SMILES string of the molecule is CN(Cc1cccnc1)C(=O)c1ccc2n1Cc1ccccc1N(C(=O)c1ccc(-c3cccc4ccccc34)cc1Cl)C2. The molecule has 7 rings (SSSR count). The van der Waals surface area contributed by atoms with Gasteiger partial charge in [0.25, 0.3) is 11.8 Å². The maximum Gasteiger partial charge on any atom is 0.270 e. The maximum atomic E-state index is 14.2. The van der Waals surface area contributed by atoms with Crippen LogP contribution < -0.4 is 4.90 Å². The van der Waals surface area contributed by atoms with E-state index in [1.54, 1.807) is 29.2 Å². The van der Waals surface area contributed by atoms with Crippen molar-refractivity contribution >= 4 is 39.9 Å². The zero-order valence-electron chi connectivity index (χ0n) is 24.2. The van der Waals surface area contributed by atoms with Gasteiger partial charge in [-0.25, -0.2) is 0 Å². The molecule has 44 heavy (non-hydrogen) atoms. The molecule has 6 aromatic rings. The molecule has 0 radical (unpaired) electrons. The third-order valence-corrected chi connectivity index (χ3v) is 8.57. The largest absolute Gasteiger partial charge is 0.336 e. The Morgan fingerprint density at radius 1 is 0.864 bits per heavy atom. The molecule has 2 aromatic heterocycles. The van der Waals surface area contributed by atoms with Gasteiger partial charge in [0, 0.05) is 37.4 Å².